The Balaban J connectivity index is 3.27. The maximum Gasteiger partial charge on any atom is 0.333 e. The molecular weight excluding hydrogens is 200 g/mol. The molecule has 0 atom stereocenters. The highest BCUT2D eigenvalue weighted by Gasteiger charge is 2.00. The molecule has 0 unspecified atom stereocenters. The van der Waals surface area contributed by atoms with Gasteiger partial charge in [-0.3, -0.25) is 0 Å². The van der Waals surface area contributed by atoms with E-state index in [0.29, 0.717) is 12.2 Å². The fraction of sp³-hybridized carbons (Fsp3) is 0.500. The number of carbonyl (C=O) groups excluding carboxylic acids is 1. The topological polar surface area (TPSA) is 26.3 Å². The van der Waals surface area contributed by atoms with Gasteiger partial charge in [-0.1, -0.05) is 24.8 Å². The SMILES string of the molecule is C=CCCC=CCCCCOC(=O)C(=C)C. The zero-order chi connectivity index (χ0) is 12.2. The third kappa shape index (κ3) is 9.25. The van der Waals surface area contributed by atoms with Crippen LogP contribution in [0.2, 0.25) is 0 Å². The van der Waals surface area contributed by atoms with Crippen LogP contribution in [0.1, 0.15) is 39.0 Å². The number of esters is 1. The van der Waals surface area contributed by atoms with Crippen molar-refractivity contribution in [3.8, 4) is 0 Å². The Bertz CT molecular complexity index is 251. The average Bonchev–Trinajstić information content (AvgIpc) is 2.26. The lowest BCUT2D eigenvalue weighted by Crippen LogP contribution is -2.05. The lowest BCUT2D eigenvalue weighted by Gasteiger charge is -2.02. The van der Waals surface area contributed by atoms with E-state index < -0.39 is 0 Å². The van der Waals surface area contributed by atoms with Crippen molar-refractivity contribution in [2.24, 2.45) is 0 Å². The van der Waals surface area contributed by atoms with Crippen LogP contribution in [0.25, 0.3) is 0 Å². The monoisotopic (exact) mass is 222 g/mol. The number of rotatable bonds is 9. The molecule has 0 bridgehead atoms. The minimum Gasteiger partial charge on any atom is -0.462 e. The highest BCUT2D eigenvalue weighted by molar-refractivity contribution is 5.86. The molecule has 0 saturated heterocycles. The molecule has 0 aliphatic rings. The second-order valence-corrected chi connectivity index (χ2v) is 3.75. The molecule has 0 aromatic carbocycles. The summed E-state index contributed by atoms with van der Waals surface area (Å²) in [7, 11) is 0. The first-order valence-corrected chi connectivity index (χ1v) is 5.77. The molecule has 16 heavy (non-hydrogen) atoms. The fourth-order valence-corrected chi connectivity index (χ4v) is 1.10. The predicted octanol–water partition coefficient (Wildman–Crippen LogP) is 3.80. The van der Waals surface area contributed by atoms with Crippen LogP contribution < -0.4 is 0 Å². The van der Waals surface area contributed by atoms with Crippen LogP contribution in [0.3, 0.4) is 0 Å². The van der Waals surface area contributed by atoms with Gasteiger partial charge < -0.3 is 4.74 Å². The maximum atomic E-state index is 11.0. The summed E-state index contributed by atoms with van der Waals surface area (Å²) in [5.41, 5.74) is 0.462. The zero-order valence-electron chi connectivity index (χ0n) is 10.2. The molecule has 0 rings (SSSR count). The highest BCUT2D eigenvalue weighted by Crippen LogP contribution is 2.01. The summed E-state index contributed by atoms with van der Waals surface area (Å²) in [6.07, 6.45) is 11.4. The smallest absolute Gasteiger partial charge is 0.333 e. The van der Waals surface area contributed by atoms with Gasteiger partial charge in [0.1, 0.15) is 0 Å². The Labute approximate surface area is 98.7 Å². The van der Waals surface area contributed by atoms with E-state index in [0.717, 1.165) is 32.1 Å². The molecule has 0 aliphatic carbocycles. The van der Waals surface area contributed by atoms with Gasteiger partial charge in [0.05, 0.1) is 6.61 Å². The molecule has 0 saturated carbocycles. The number of hydrogen-bond donors (Lipinski definition) is 0. The van der Waals surface area contributed by atoms with E-state index in [1.165, 1.54) is 0 Å². The number of allylic oxidation sites excluding steroid dienone is 3. The van der Waals surface area contributed by atoms with Crippen molar-refractivity contribution in [2.75, 3.05) is 6.61 Å². The quantitative estimate of drug-likeness (QED) is 0.257. The van der Waals surface area contributed by atoms with Crippen LogP contribution in [-0.2, 0) is 9.53 Å². The first-order chi connectivity index (χ1) is 7.68. The standard InChI is InChI=1S/C14H22O2/c1-4-5-6-7-8-9-10-11-12-16-14(15)13(2)3/h4,7-8H,1-2,5-6,9-12H2,3H3. The van der Waals surface area contributed by atoms with Gasteiger partial charge in [0, 0.05) is 5.57 Å². The van der Waals surface area contributed by atoms with E-state index in [2.05, 4.69) is 25.3 Å². The third-order valence-electron chi connectivity index (χ3n) is 2.05. The number of hydrogen-bond acceptors (Lipinski definition) is 2. The summed E-state index contributed by atoms with van der Waals surface area (Å²) in [6, 6.07) is 0. The van der Waals surface area contributed by atoms with Crippen molar-refractivity contribution in [2.45, 2.75) is 39.0 Å². The largest absolute Gasteiger partial charge is 0.462 e. The van der Waals surface area contributed by atoms with Crippen molar-refractivity contribution in [3.63, 3.8) is 0 Å². The molecule has 0 fully saturated rings. The second kappa shape index (κ2) is 10.2. The molecule has 0 N–H and O–H groups in total. The molecule has 0 aliphatic heterocycles. The number of unbranched alkanes of at least 4 members (excludes halogenated alkanes) is 3. The van der Waals surface area contributed by atoms with Crippen LogP contribution in [0.15, 0.2) is 37.0 Å². The Kier molecular flexibility index (Phi) is 9.38. The summed E-state index contributed by atoms with van der Waals surface area (Å²) in [6.45, 7) is 9.33. The first kappa shape index (κ1) is 14.7. The van der Waals surface area contributed by atoms with E-state index in [1.54, 1.807) is 6.92 Å². The summed E-state index contributed by atoms with van der Waals surface area (Å²) >= 11 is 0. The molecular formula is C14H22O2. The molecule has 0 aromatic heterocycles. The van der Waals surface area contributed by atoms with Crippen molar-refractivity contribution in [3.05, 3.63) is 37.0 Å². The Morgan fingerprint density at radius 2 is 1.88 bits per heavy atom. The number of ether oxygens (including phenoxy) is 1. The van der Waals surface area contributed by atoms with E-state index in [1.807, 2.05) is 6.08 Å². The van der Waals surface area contributed by atoms with Crippen molar-refractivity contribution in [1.82, 2.24) is 0 Å². The predicted molar refractivity (Wildman–Crippen MR) is 68.2 cm³/mol. The molecule has 0 amide bonds. The van der Waals surface area contributed by atoms with Gasteiger partial charge in [-0.05, 0) is 39.0 Å². The Morgan fingerprint density at radius 1 is 1.19 bits per heavy atom. The van der Waals surface area contributed by atoms with Crippen molar-refractivity contribution in [1.29, 1.82) is 0 Å². The Morgan fingerprint density at radius 3 is 2.50 bits per heavy atom. The average molecular weight is 222 g/mol. The summed E-state index contributed by atoms with van der Waals surface area (Å²) < 4.78 is 4.97. The van der Waals surface area contributed by atoms with Gasteiger partial charge in [-0.25, -0.2) is 4.79 Å². The van der Waals surface area contributed by atoms with Crippen LogP contribution >= 0.6 is 0 Å². The lowest BCUT2D eigenvalue weighted by molar-refractivity contribution is -0.139. The van der Waals surface area contributed by atoms with E-state index in [-0.39, 0.29) is 5.97 Å². The molecule has 90 valence electrons. The van der Waals surface area contributed by atoms with Gasteiger partial charge in [0.15, 0.2) is 0 Å². The summed E-state index contributed by atoms with van der Waals surface area (Å²) in [5.74, 6) is -0.290. The Hall–Kier alpha value is -1.31. The molecule has 0 spiro atoms. The fourth-order valence-electron chi connectivity index (χ4n) is 1.10. The van der Waals surface area contributed by atoms with Gasteiger partial charge in [0.25, 0.3) is 0 Å². The zero-order valence-corrected chi connectivity index (χ0v) is 10.2. The van der Waals surface area contributed by atoms with Crippen molar-refractivity contribution >= 4 is 5.97 Å². The molecule has 0 aromatic rings. The number of carbonyl (C=O) groups is 1. The van der Waals surface area contributed by atoms with Crippen LogP contribution in [0.5, 0.6) is 0 Å². The van der Waals surface area contributed by atoms with Crippen LogP contribution in [-0.4, -0.2) is 12.6 Å². The molecule has 0 radical (unpaired) electrons. The molecule has 2 nitrogen and oxygen atoms in total. The van der Waals surface area contributed by atoms with Gasteiger partial charge in [-0.2, -0.15) is 0 Å². The highest BCUT2D eigenvalue weighted by atomic mass is 16.5. The van der Waals surface area contributed by atoms with Crippen LogP contribution in [0, 0.1) is 0 Å². The van der Waals surface area contributed by atoms with Gasteiger partial charge in [-0.15, -0.1) is 6.58 Å². The van der Waals surface area contributed by atoms with Crippen molar-refractivity contribution < 1.29 is 9.53 Å². The van der Waals surface area contributed by atoms with E-state index in [4.69, 9.17) is 4.74 Å². The third-order valence-corrected chi connectivity index (χ3v) is 2.05. The molecule has 2 heteroatoms. The maximum absolute atomic E-state index is 11.0. The van der Waals surface area contributed by atoms with Gasteiger partial charge in [0.2, 0.25) is 0 Å². The summed E-state index contributed by atoms with van der Waals surface area (Å²) in [5, 5.41) is 0. The minimum absolute atomic E-state index is 0.290. The van der Waals surface area contributed by atoms with E-state index >= 15 is 0 Å². The second-order valence-electron chi connectivity index (χ2n) is 3.75. The lowest BCUT2D eigenvalue weighted by atomic mass is 10.2. The molecule has 0 heterocycles. The van der Waals surface area contributed by atoms with Crippen LogP contribution in [0.4, 0.5) is 0 Å². The van der Waals surface area contributed by atoms with E-state index in [9.17, 15) is 4.79 Å². The first-order valence-electron chi connectivity index (χ1n) is 5.77. The van der Waals surface area contributed by atoms with Gasteiger partial charge >= 0.3 is 5.97 Å². The minimum atomic E-state index is -0.290. The summed E-state index contributed by atoms with van der Waals surface area (Å²) in [4.78, 5) is 11.0. The normalized spacial score (nSPS) is 10.3.